The van der Waals surface area contributed by atoms with Gasteiger partial charge in [0.15, 0.2) is 13.9 Å². The van der Waals surface area contributed by atoms with E-state index < -0.39 is 31.5 Å². The van der Waals surface area contributed by atoms with E-state index in [1.165, 1.54) is 0 Å². The van der Waals surface area contributed by atoms with Crippen LogP contribution in [0, 0.1) is 5.92 Å². The number of fused-ring (bicyclic) bond motifs is 3. The maximum absolute atomic E-state index is 14.9. The molecule has 1 spiro atoms. The molecule has 9 nitrogen and oxygen atoms in total. The number of nitrogens with zero attached hydrogens (tertiary/aromatic N) is 3. The molecular weight excluding hydrogens is 623 g/mol. The lowest BCUT2D eigenvalue weighted by Gasteiger charge is -2.37. The first kappa shape index (κ1) is 32.7. The highest BCUT2D eigenvalue weighted by Gasteiger charge is 2.66. The number of amides is 3. The minimum Gasteiger partial charge on any atom is -0.432 e. The predicted octanol–water partition coefficient (Wildman–Crippen LogP) is 4.88. The van der Waals surface area contributed by atoms with Gasteiger partial charge in [0.2, 0.25) is 11.8 Å². The summed E-state index contributed by atoms with van der Waals surface area (Å²) < 4.78 is 7.01. The molecule has 3 aromatic rings. The Labute approximate surface area is 283 Å². The molecule has 4 aliphatic rings. The number of piperidine rings is 1. The molecule has 7 rings (SSSR count). The number of carbonyl (C=O) groups is 3. The van der Waals surface area contributed by atoms with E-state index in [0.717, 1.165) is 40.9 Å². The second-order valence-corrected chi connectivity index (χ2v) is 18.4. The molecule has 10 heteroatoms. The molecule has 252 valence electrons. The number of hydrogen-bond acceptors (Lipinski definition) is 6. The van der Waals surface area contributed by atoms with Gasteiger partial charge in [0.05, 0.1) is 37.4 Å². The Kier molecular flexibility index (Phi) is 8.56. The SMILES string of the molecule is C[C@H]1[C@H]([Si](C)(C)O)[C@@H](CC(=O)N2Cc3ccccc3C[C@H]2CO)O[C@]12C(=O)N(Cc1ccccc1)c1ccc(N3CCCCC3=O)cc12. The zero-order valence-corrected chi connectivity index (χ0v) is 29.0. The molecule has 0 unspecified atom stereocenters. The third kappa shape index (κ3) is 5.48. The smallest absolute Gasteiger partial charge is 0.264 e. The summed E-state index contributed by atoms with van der Waals surface area (Å²) in [5, 5.41) is 10.3. The standard InChI is InChI=1S/C38H45N3O6Si/c1-25-36(48(2,3)46)33(21-35(44)40-23-28-14-8-7-13-27(28)19-30(40)24-42)47-38(25)31-20-29(39-18-10-9-15-34(39)43)16-17-32(31)41(37(38)45)22-26-11-5-4-6-12-26/h4-8,11-14,16-17,20,25,30,33,36,42,46H,9-10,15,18-19,21-24H2,1-3H3/t25-,30-,33+,36-,38+/m0/s1. The van der Waals surface area contributed by atoms with Crippen molar-refractivity contribution in [2.45, 2.75) is 88.5 Å². The molecule has 0 saturated carbocycles. The van der Waals surface area contributed by atoms with Crippen molar-refractivity contribution in [3.8, 4) is 0 Å². The summed E-state index contributed by atoms with van der Waals surface area (Å²) in [6.45, 7) is 6.86. The zero-order chi connectivity index (χ0) is 33.8. The maximum atomic E-state index is 14.9. The van der Waals surface area contributed by atoms with Crippen LogP contribution in [0.25, 0.3) is 0 Å². The predicted molar refractivity (Wildman–Crippen MR) is 186 cm³/mol. The molecule has 0 aromatic heterocycles. The molecular formula is C38H45N3O6Si. The topological polar surface area (TPSA) is 111 Å². The van der Waals surface area contributed by atoms with Gasteiger partial charge in [-0.3, -0.25) is 14.4 Å². The average Bonchev–Trinajstić information content (AvgIpc) is 3.50. The molecule has 0 radical (unpaired) electrons. The van der Waals surface area contributed by atoms with E-state index in [-0.39, 0.29) is 36.8 Å². The summed E-state index contributed by atoms with van der Waals surface area (Å²) in [4.78, 5) is 59.2. The molecule has 2 saturated heterocycles. The van der Waals surface area contributed by atoms with E-state index in [1.54, 1.807) is 14.7 Å². The van der Waals surface area contributed by atoms with Crippen molar-refractivity contribution in [2.75, 3.05) is 23.0 Å². The van der Waals surface area contributed by atoms with Crippen LogP contribution in [-0.2, 0) is 44.2 Å². The first-order valence-electron chi connectivity index (χ1n) is 17.2. The summed E-state index contributed by atoms with van der Waals surface area (Å²) in [5.41, 5.74) is 3.42. The fourth-order valence-corrected chi connectivity index (χ4v) is 11.3. The summed E-state index contributed by atoms with van der Waals surface area (Å²) in [6.07, 6.45) is 2.09. The van der Waals surface area contributed by atoms with Gasteiger partial charge in [0.25, 0.3) is 5.91 Å². The number of benzene rings is 3. The number of aliphatic hydroxyl groups is 1. The van der Waals surface area contributed by atoms with Gasteiger partial charge in [0, 0.05) is 42.2 Å². The second-order valence-electron chi connectivity index (χ2n) is 14.5. The number of rotatable bonds is 7. The van der Waals surface area contributed by atoms with E-state index in [2.05, 4.69) is 0 Å². The molecule has 3 aromatic carbocycles. The van der Waals surface area contributed by atoms with E-state index in [4.69, 9.17) is 4.74 Å². The normalized spacial score (nSPS) is 27.1. The lowest BCUT2D eigenvalue weighted by molar-refractivity contribution is -0.151. The maximum Gasteiger partial charge on any atom is 0.264 e. The summed E-state index contributed by atoms with van der Waals surface area (Å²) in [7, 11) is -3.03. The van der Waals surface area contributed by atoms with Gasteiger partial charge in [-0.2, -0.15) is 0 Å². The van der Waals surface area contributed by atoms with Crippen LogP contribution in [0.5, 0.6) is 0 Å². The van der Waals surface area contributed by atoms with E-state index in [9.17, 15) is 24.3 Å². The minimum absolute atomic E-state index is 0.0159. The van der Waals surface area contributed by atoms with Gasteiger partial charge < -0.3 is 29.3 Å². The third-order valence-corrected chi connectivity index (χ3v) is 13.6. The average molecular weight is 668 g/mol. The molecule has 2 N–H and O–H groups in total. The molecule has 0 bridgehead atoms. The van der Waals surface area contributed by atoms with Crippen LogP contribution >= 0.6 is 0 Å². The van der Waals surface area contributed by atoms with E-state index in [0.29, 0.717) is 38.0 Å². The van der Waals surface area contributed by atoms with Crippen molar-refractivity contribution < 1.29 is 29.0 Å². The Morgan fingerprint density at radius 2 is 1.73 bits per heavy atom. The van der Waals surface area contributed by atoms with Crippen LogP contribution in [-0.4, -0.2) is 66.1 Å². The molecule has 48 heavy (non-hydrogen) atoms. The number of anilines is 2. The fraction of sp³-hybridized carbons (Fsp3) is 0.447. The number of hydrogen-bond donors (Lipinski definition) is 2. The quantitative estimate of drug-likeness (QED) is 0.348. The summed E-state index contributed by atoms with van der Waals surface area (Å²) >= 11 is 0. The Morgan fingerprint density at radius 3 is 2.44 bits per heavy atom. The Bertz CT molecular complexity index is 1730. The molecule has 3 amide bonds. The van der Waals surface area contributed by atoms with Crippen molar-refractivity contribution in [3.05, 3.63) is 95.1 Å². The van der Waals surface area contributed by atoms with Gasteiger partial charge in [0.1, 0.15) is 0 Å². The first-order chi connectivity index (χ1) is 23.0. The van der Waals surface area contributed by atoms with Gasteiger partial charge in [-0.15, -0.1) is 0 Å². The van der Waals surface area contributed by atoms with Gasteiger partial charge in [-0.1, -0.05) is 61.5 Å². The van der Waals surface area contributed by atoms with Gasteiger partial charge in [-0.05, 0) is 67.2 Å². The fourth-order valence-electron chi connectivity index (χ4n) is 8.77. The number of ether oxygens (including phenoxy) is 1. The van der Waals surface area contributed by atoms with Gasteiger partial charge >= 0.3 is 0 Å². The lowest BCUT2D eigenvalue weighted by atomic mass is 9.82. The molecule has 4 heterocycles. The first-order valence-corrected chi connectivity index (χ1v) is 20.2. The number of aliphatic hydroxyl groups excluding tert-OH is 1. The molecule has 2 fully saturated rings. The van der Waals surface area contributed by atoms with Gasteiger partial charge in [-0.25, -0.2) is 0 Å². The molecule has 0 aliphatic carbocycles. The van der Waals surface area contributed by atoms with E-state index in [1.807, 2.05) is 92.8 Å². The van der Waals surface area contributed by atoms with Crippen LogP contribution in [0.4, 0.5) is 11.4 Å². The highest BCUT2D eigenvalue weighted by atomic mass is 28.4. The number of carbonyl (C=O) groups excluding carboxylic acids is 3. The van der Waals surface area contributed by atoms with Crippen LogP contribution < -0.4 is 9.80 Å². The molecule has 4 aliphatic heterocycles. The zero-order valence-electron chi connectivity index (χ0n) is 28.0. The van der Waals surface area contributed by atoms with Crippen molar-refractivity contribution in [2.24, 2.45) is 5.92 Å². The van der Waals surface area contributed by atoms with Crippen LogP contribution in [0.1, 0.15) is 54.9 Å². The van der Waals surface area contributed by atoms with Crippen molar-refractivity contribution in [3.63, 3.8) is 0 Å². The summed E-state index contributed by atoms with van der Waals surface area (Å²) in [6, 6.07) is 23.2. The highest BCUT2D eigenvalue weighted by molar-refractivity contribution is 6.71. The largest absolute Gasteiger partial charge is 0.432 e. The minimum atomic E-state index is -3.03. The van der Waals surface area contributed by atoms with Crippen molar-refractivity contribution in [1.82, 2.24) is 4.90 Å². The lowest BCUT2D eigenvalue weighted by Crippen LogP contribution is -2.48. The van der Waals surface area contributed by atoms with E-state index >= 15 is 0 Å². The highest BCUT2D eigenvalue weighted by Crippen LogP contribution is 2.60. The molecule has 5 atom stereocenters. The Balaban J connectivity index is 1.28. The third-order valence-electron chi connectivity index (χ3n) is 11.0. The van der Waals surface area contributed by atoms with Crippen LogP contribution in [0.15, 0.2) is 72.8 Å². The van der Waals surface area contributed by atoms with Crippen molar-refractivity contribution in [1.29, 1.82) is 0 Å². The van der Waals surface area contributed by atoms with Crippen LogP contribution in [0.3, 0.4) is 0 Å². The Morgan fingerprint density at radius 1 is 1.00 bits per heavy atom. The second kappa shape index (κ2) is 12.6. The monoisotopic (exact) mass is 667 g/mol. The summed E-state index contributed by atoms with van der Waals surface area (Å²) in [5.74, 6) is -0.764. The Hall–Kier alpha value is -3.83. The van der Waals surface area contributed by atoms with Crippen molar-refractivity contribution >= 4 is 37.4 Å². The van der Waals surface area contributed by atoms with Crippen LogP contribution in [0.2, 0.25) is 18.6 Å².